The average molecular weight is 220 g/mol. The third-order valence-electron chi connectivity index (χ3n) is 2.54. The van der Waals surface area contributed by atoms with Crippen LogP contribution in [0, 0.1) is 6.07 Å². The van der Waals surface area contributed by atoms with Crippen LogP contribution >= 0.6 is 0 Å². The van der Waals surface area contributed by atoms with E-state index < -0.39 is 0 Å². The van der Waals surface area contributed by atoms with Crippen LogP contribution in [0.2, 0.25) is 0 Å². The minimum absolute atomic E-state index is 0.788. The van der Waals surface area contributed by atoms with Gasteiger partial charge in [0.15, 0.2) is 0 Å². The van der Waals surface area contributed by atoms with Crippen LogP contribution in [-0.2, 0) is 0 Å². The third kappa shape index (κ3) is 1.97. The molecule has 2 heteroatoms. The van der Waals surface area contributed by atoms with E-state index in [0.29, 0.717) is 0 Å². The van der Waals surface area contributed by atoms with E-state index >= 15 is 0 Å². The normalized spacial score (nSPS) is 10.4. The molecule has 0 amide bonds. The summed E-state index contributed by atoms with van der Waals surface area (Å²) in [4.78, 5) is 3.96. The van der Waals surface area contributed by atoms with Gasteiger partial charge in [-0.3, -0.25) is 4.98 Å². The molecule has 1 heterocycles. The zero-order chi connectivity index (χ0) is 11.5. The van der Waals surface area contributed by atoms with Gasteiger partial charge in [-0.25, -0.2) is 0 Å². The summed E-state index contributed by atoms with van der Waals surface area (Å²) in [5.41, 5.74) is 0. The maximum atomic E-state index is 5.83. The van der Waals surface area contributed by atoms with Crippen molar-refractivity contribution in [2.45, 2.75) is 0 Å². The van der Waals surface area contributed by atoms with Gasteiger partial charge in [0.05, 0.1) is 0 Å². The second-order valence-electron chi connectivity index (χ2n) is 3.67. The van der Waals surface area contributed by atoms with Crippen molar-refractivity contribution in [3.8, 4) is 11.5 Å². The first-order chi connectivity index (χ1) is 8.43. The number of fused-ring (bicyclic) bond motifs is 1. The number of benzene rings is 2. The van der Waals surface area contributed by atoms with Crippen molar-refractivity contribution in [1.82, 2.24) is 4.98 Å². The molecule has 0 fully saturated rings. The number of aromatic nitrogens is 1. The predicted octanol–water partition coefficient (Wildman–Crippen LogP) is 3.83. The van der Waals surface area contributed by atoms with Gasteiger partial charge in [0.1, 0.15) is 11.5 Å². The predicted molar refractivity (Wildman–Crippen MR) is 67.1 cm³/mol. The molecule has 0 aliphatic rings. The Kier molecular flexibility index (Phi) is 2.47. The Bertz CT molecular complexity index is 629. The van der Waals surface area contributed by atoms with E-state index in [1.807, 2.05) is 48.5 Å². The Labute approximate surface area is 99.5 Å². The van der Waals surface area contributed by atoms with E-state index in [2.05, 4.69) is 11.1 Å². The Hall–Kier alpha value is -2.35. The Morgan fingerprint density at radius 3 is 2.65 bits per heavy atom. The number of hydrogen-bond acceptors (Lipinski definition) is 2. The van der Waals surface area contributed by atoms with Crippen LogP contribution in [0.15, 0.2) is 60.9 Å². The monoisotopic (exact) mass is 220 g/mol. The third-order valence-corrected chi connectivity index (χ3v) is 2.54. The molecule has 0 aliphatic carbocycles. The molecule has 1 aromatic heterocycles. The van der Waals surface area contributed by atoms with E-state index in [-0.39, 0.29) is 0 Å². The van der Waals surface area contributed by atoms with Crippen LogP contribution in [0.1, 0.15) is 0 Å². The highest BCUT2D eigenvalue weighted by Crippen LogP contribution is 2.28. The number of rotatable bonds is 2. The maximum absolute atomic E-state index is 5.83. The molecule has 3 rings (SSSR count). The summed E-state index contributed by atoms with van der Waals surface area (Å²) in [5, 5.41) is 2.12. The molecule has 3 aromatic rings. The van der Waals surface area contributed by atoms with Crippen molar-refractivity contribution in [2.24, 2.45) is 0 Å². The van der Waals surface area contributed by atoms with Gasteiger partial charge < -0.3 is 4.74 Å². The number of ether oxygens (including phenoxy) is 1. The van der Waals surface area contributed by atoms with Crippen molar-refractivity contribution in [3.05, 3.63) is 67.0 Å². The minimum atomic E-state index is 0.788. The molecule has 1 radical (unpaired) electrons. The summed E-state index contributed by atoms with van der Waals surface area (Å²) in [5.74, 6) is 1.63. The molecule has 2 aromatic carbocycles. The molecule has 0 saturated carbocycles. The summed E-state index contributed by atoms with van der Waals surface area (Å²) in [6.07, 6.45) is 3.43. The lowest BCUT2D eigenvalue weighted by Crippen LogP contribution is -1.85. The Morgan fingerprint density at radius 2 is 1.76 bits per heavy atom. The van der Waals surface area contributed by atoms with Gasteiger partial charge in [-0.1, -0.05) is 30.3 Å². The number of hydrogen-bond donors (Lipinski definition) is 0. The lowest BCUT2D eigenvalue weighted by atomic mass is 10.1. The van der Waals surface area contributed by atoms with Gasteiger partial charge >= 0.3 is 0 Å². The minimum Gasteiger partial charge on any atom is -0.457 e. The topological polar surface area (TPSA) is 22.1 Å². The second-order valence-corrected chi connectivity index (χ2v) is 3.67. The van der Waals surface area contributed by atoms with Crippen molar-refractivity contribution >= 4 is 10.8 Å². The average Bonchev–Trinajstić information content (AvgIpc) is 2.40. The molecule has 0 saturated heterocycles. The number of pyridine rings is 1. The van der Waals surface area contributed by atoms with E-state index in [9.17, 15) is 0 Å². The molecule has 81 valence electrons. The van der Waals surface area contributed by atoms with Crippen LogP contribution in [0.3, 0.4) is 0 Å². The van der Waals surface area contributed by atoms with Gasteiger partial charge in [0.2, 0.25) is 0 Å². The van der Waals surface area contributed by atoms with E-state index in [0.717, 1.165) is 22.3 Å². The lowest BCUT2D eigenvalue weighted by Gasteiger charge is -2.08. The van der Waals surface area contributed by atoms with Crippen LogP contribution in [-0.4, -0.2) is 4.98 Å². The molecule has 0 N–H and O–H groups in total. The summed E-state index contributed by atoms with van der Waals surface area (Å²) in [6.45, 7) is 0. The smallest absolute Gasteiger partial charge is 0.135 e. The van der Waals surface area contributed by atoms with Crippen molar-refractivity contribution in [1.29, 1.82) is 0 Å². The van der Waals surface area contributed by atoms with Gasteiger partial charge in [0.25, 0.3) is 0 Å². The Morgan fingerprint density at radius 1 is 0.941 bits per heavy atom. The van der Waals surface area contributed by atoms with Crippen molar-refractivity contribution < 1.29 is 4.74 Å². The van der Waals surface area contributed by atoms with Gasteiger partial charge in [0, 0.05) is 17.8 Å². The van der Waals surface area contributed by atoms with Gasteiger partial charge in [-0.2, -0.15) is 0 Å². The number of nitrogens with zero attached hydrogens (tertiary/aromatic N) is 1. The quantitative estimate of drug-likeness (QED) is 0.654. The summed E-state index contributed by atoms with van der Waals surface area (Å²) < 4.78 is 5.83. The largest absolute Gasteiger partial charge is 0.457 e. The van der Waals surface area contributed by atoms with Gasteiger partial charge in [-0.15, -0.1) is 0 Å². The van der Waals surface area contributed by atoms with E-state index in [1.165, 1.54) is 0 Å². The highest BCUT2D eigenvalue weighted by Gasteiger charge is 2.02. The highest BCUT2D eigenvalue weighted by molar-refractivity contribution is 5.87. The van der Waals surface area contributed by atoms with Crippen LogP contribution < -0.4 is 4.74 Å². The fourth-order valence-electron chi connectivity index (χ4n) is 1.74. The fraction of sp³-hybridized carbons (Fsp3) is 0. The lowest BCUT2D eigenvalue weighted by molar-refractivity contribution is 0.487. The van der Waals surface area contributed by atoms with Crippen molar-refractivity contribution in [3.63, 3.8) is 0 Å². The molecular formula is C15H10NO. The zero-order valence-corrected chi connectivity index (χ0v) is 9.13. The SMILES string of the molecule is [c]1ccc(Oc2ccncc2)c2ccccc12. The van der Waals surface area contributed by atoms with Gasteiger partial charge in [-0.05, 0) is 29.7 Å². The Balaban J connectivity index is 2.06. The zero-order valence-electron chi connectivity index (χ0n) is 9.13. The standard InChI is InChI=1S/C15H10NO/c1-2-6-14-12(4-1)5-3-7-15(14)17-13-8-10-16-11-9-13/h1-4,6-11H. The summed E-state index contributed by atoms with van der Waals surface area (Å²) in [6, 6.07) is 18.7. The van der Waals surface area contributed by atoms with E-state index in [4.69, 9.17) is 4.74 Å². The molecule has 0 atom stereocenters. The molecule has 17 heavy (non-hydrogen) atoms. The first kappa shape index (κ1) is 9.85. The van der Waals surface area contributed by atoms with Crippen LogP contribution in [0.4, 0.5) is 0 Å². The molecule has 0 spiro atoms. The van der Waals surface area contributed by atoms with Crippen LogP contribution in [0.25, 0.3) is 10.8 Å². The van der Waals surface area contributed by atoms with Crippen LogP contribution in [0.5, 0.6) is 11.5 Å². The van der Waals surface area contributed by atoms with Crippen molar-refractivity contribution in [2.75, 3.05) is 0 Å². The molecule has 0 unspecified atom stereocenters. The molecule has 2 nitrogen and oxygen atoms in total. The highest BCUT2D eigenvalue weighted by atomic mass is 16.5. The molecule has 0 bridgehead atoms. The second kappa shape index (κ2) is 4.26. The summed E-state index contributed by atoms with van der Waals surface area (Å²) >= 11 is 0. The molecule has 0 aliphatic heterocycles. The first-order valence-corrected chi connectivity index (χ1v) is 5.41. The first-order valence-electron chi connectivity index (χ1n) is 5.41. The van der Waals surface area contributed by atoms with E-state index in [1.54, 1.807) is 12.4 Å². The maximum Gasteiger partial charge on any atom is 0.135 e. The fourth-order valence-corrected chi connectivity index (χ4v) is 1.74. The summed E-state index contributed by atoms with van der Waals surface area (Å²) in [7, 11) is 0. The molecular weight excluding hydrogens is 210 g/mol.